The van der Waals surface area contributed by atoms with E-state index in [0.29, 0.717) is 6.04 Å². The molecule has 2 atom stereocenters. The fourth-order valence-electron chi connectivity index (χ4n) is 3.14. The molecule has 0 saturated heterocycles. The average Bonchev–Trinajstić information content (AvgIpc) is 2.78. The number of rotatable bonds is 4. The molecular formula is C13H22N4S. The second-order valence-corrected chi connectivity index (χ2v) is 6.38. The molecule has 0 aromatic carbocycles. The van der Waals surface area contributed by atoms with Gasteiger partial charge in [-0.2, -0.15) is 0 Å². The number of H-pyrrole nitrogens is 1. The molecule has 2 unspecified atom stereocenters. The van der Waals surface area contributed by atoms with Gasteiger partial charge in [-0.05, 0) is 43.3 Å². The maximum atomic E-state index is 5.40. The molecule has 0 amide bonds. The van der Waals surface area contributed by atoms with Gasteiger partial charge >= 0.3 is 0 Å². The van der Waals surface area contributed by atoms with E-state index < -0.39 is 0 Å². The van der Waals surface area contributed by atoms with Crippen LogP contribution in [0.15, 0.2) is 0 Å². The first-order valence-corrected chi connectivity index (χ1v) is 7.45. The molecule has 4 nitrogen and oxygen atoms in total. The number of aromatic nitrogens is 3. The van der Waals surface area contributed by atoms with Crippen LogP contribution < -0.4 is 4.90 Å². The third-order valence-corrected chi connectivity index (χ3v) is 4.79. The zero-order chi connectivity index (χ0) is 12.7. The largest absolute Gasteiger partial charge is 0.344 e. The Hall–Kier alpha value is -0.840. The molecule has 1 N–H and O–H groups in total. The Morgan fingerprint density at radius 2 is 2.11 bits per heavy atom. The predicted molar refractivity (Wildman–Crippen MR) is 75.5 cm³/mol. The minimum atomic E-state index is 0.560. The fourth-order valence-corrected chi connectivity index (χ4v) is 3.42. The molecule has 1 aromatic rings. The second kappa shape index (κ2) is 4.68. The Morgan fingerprint density at radius 3 is 2.72 bits per heavy atom. The lowest BCUT2D eigenvalue weighted by molar-refractivity contribution is 0.507. The molecule has 2 fully saturated rings. The topological polar surface area (TPSA) is 36.9 Å². The quantitative estimate of drug-likeness (QED) is 0.851. The van der Waals surface area contributed by atoms with E-state index in [9.17, 15) is 0 Å². The molecule has 0 bridgehead atoms. The summed E-state index contributed by atoms with van der Waals surface area (Å²) in [6.07, 6.45) is 6.49. The second-order valence-electron chi connectivity index (χ2n) is 5.99. The van der Waals surface area contributed by atoms with E-state index >= 15 is 0 Å². The fraction of sp³-hybridized carbons (Fsp3) is 0.846. The van der Waals surface area contributed by atoms with Crippen LogP contribution in [-0.4, -0.2) is 28.4 Å². The summed E-state index contributed by atoms with van der Waals surface area (Å²) in [7, 11) is 2.14. The molecule has 5 heteroatoms. The van der Waals surface area contributed by atoms with Crippen LogP contribution in [0.2, 0.25) is 0 Å². The highest BCUT2D eigenvalue weighted by molar-refractivity contribution is 7.71. The Kier molecular flexibility index (Phi) is 3.18. The van der Waals surface area contributed by atoms with Crippen molar-refractivity contribution in [2.24, 2.45) is 11.8 Å². The van der Waals surface area contributed by atoms with Crippen molar-refractivity contribution in [3.8, 4) is 0 Å². The monoisotopic (exact) mass is 266 g/mol. The van der Waals surface area contributed by atoms with Gasteiger partial charge in [-0.15, -0.1) is 5.10 Å². The van der Waals surface area contributed by atoms with Gasteiger partial charge in [0.05, 0.1) is 0 Å². The first-order chi connectivity index (χ1) is 8.66. The molecule has 0 aliphatic heterocycles. The van der Waals surface area contributed by atoms with Crippen LogP contribution in [0.5, 0.6) is 0 Å². The summed E-state index contributed by atoms with van der Waals surface area (Å²) in [5.74, 6) is 2.76. The zero-order valence-electron chi connectivity index (χ0n) is 11.2. The highest BCUT2D eigenvalue weighted by Gasteiger charge is 2.34. The van der Waals surface area contributed by atoms with Crippen molar-refractivity contribution < 1.29 is 0 Å². The molecule has 2 aliphatic carbocycles. The van der Waals surface area contributed by atoms with E-state index in [4.69, 9.17) is 12.2 Å². The highest BCUT2D eigenvalue weighted by atomic mass is 32.1. The van der Waals surface area contributed by atoms with Crippen LogP contribution in [0.4, 0.5) is 5.95 Å². The number of nitrogens with one attached hydrogen (secondary N) is 1. The maximum Gasteiger partial charge on any atom is 0.225 e. The SMILES string of the molecule is CC1CC1CN(C)c1n[nH]c(=S)n1C1CCCC1. The van der Waals surface area contributed by atoms with Gasteiger partial charge in [0.25, 0.3) is 0 Å². The van der Waals surface area contributed by atoms with E-state index in [0.717, 1.165) is 29.1 Å². The average molecular weight is 266 g/mol. The van der Waals surface area contributed by atoms with Crippen LogP contribution in [0.25, 0.3) is 0 Å². The molecule has 1 heterocycles. The summed E-state index contributed by atoms with van der Waals surface area (Å²) in [5.41, 5.74) is 0. The summed E-state index contributed by atoms with van der Waals surface area (Å²) < 4.78 is 3.03. The van der Waals surface area contributed by atoms with Crippen molar-refractivity contribution in [2.45, 2.75) is 45.1 Å². The third kappa shape index (κ3) is 2.20. The van der Waals surface area contributed by atoms with E-state index in [1.54, 1.807) is 0 Å². The van der Waals surface area contributed by atoms with Gasteiger partial charge in [0, 0.05) is 19.6 Å². The van der Waals surface area contributed by atoms with E-state index in [2.05, 4.69) is 33.6 Å². The van der Waals surface area contributed by atoms with Gasteiger partial charge in [-0.1, -0.05) is 19.8 Å². The molecular weight excluding hydrogens is 244 g/mol. The number of aromatic amines is 1. The minimum absolute atomic E-state index is 0.560. The molecule has 18 heavy (non-hydrogen) atoms. The van der Waals surface area contributed by atoms with Crippen molar-refractivity contribution in [3.63, 3.8) is 0 Å². The van der Waals surface area contributed by atoms with Crippen molar-refractivity contribution in [1.82, 2.24) is 14.8 Å². The van der Waals surface area contributed by atoms with Crippen LogP contribution in [-0.2, 0) is 0 Å². The Morgan fingerprint density at radius 1 is 1.44 bits per heavy atom. The molecule has 2 aliphatic rings. The summed E-state index contributed by atoms with van der Waals surface area (Å²) in [5, 5.41) is 7.41. The molecule has 100 valence electrons. The third-order valence-electron chi connectivity index (χ3n) is 4.50. The van der Waals surface area contributed by atoms with E-state index in [1.807, 2.05) is 0 Å². The first kappa shape index (κ1) is 12.2. The van der Waals surface area contributed by atoms with Gasteiger partial charge in [-0.25, -0.2) is 5.10 Å². The Labute approximate surface area is 113 Å². The van der Waals surface area contributed by atoms with Crippen LogP contribution in [0.1, 0.15) is 45.1 Å². The normalized spacial score (nSPS) is 27.7. The number of anilines is 1. The Bertz CT molecular complexity index is 472. The Balaban J connectivity index is 1.80. The maximum absolute atomic E-state index is 5.40. The minimum Gasteiger partial charge on any atom is -0.344 e. The van der Waals surface area contributed by atoms with Crippen molar-refractivity contribution in [1.29, 1.82) is 0 Å². The predicted octanol–water partition coefficient (Wildman–Crippen LogP) is 3.15. The summed E-state index contributed by atoms with van der Waals surface area (Å²) >= 11 is 5.40. The van der Waals surface area contributed by atoms with Crippen LogP contribution in [0.3, 0.4) is 0 Å². The van der Waals surface area contributed by atoms with E-state index in [-0.39, 0.29) is 0 Å². The smallest absolute Gasteiger partial charge is 0.225 e. The highest BCUT2D eigenvalue weighted by Crippen LogP contribution is 2.39. The molecule has 1 aromatic heterocycles. The van der Waals surface area contributed by atoms with Gasteiger partial charge in [0.15, 0.2) is 4.77 Å². The number of nitrogens with zero attached hydrogens (tertiary/aromatic N) is 3. The lowest BCUT2D eigenvalue weighted by Crippen LogP contribution is -2.25. The van der Waals surface area contributed by atoms with Crippen molar-refractivity contribution >= 4 is 18.2 Å². The first-order valence-electron chi connectivity index (χ1n) is 7.05. The van der Waals surface area contributed by atoms with Crippen molar-refractivity contribution in [3.05, 3.63) is 4.77 Å². The van der Waals surface area contributed by atoms with Crippen LogP contribution >= 0.6 is 12.2 Å². The number of hydrogen-bond donors (Lipinski definition) is 1. The van der Waals surface area contributed by atoms with Gasteiger partial charge < -0.3 is 4.90 Å². The summed E-state index contributed by atoms with van der Waals surface area (Å²) in [4.78, 5) is 2.28. The van der Waals surface area contributed by atoms with Gasteiger partial charge in [-0.3, -0.25) is 4.57 Å². The van der Waals surface area contributed by atoms with E-state index in [1.165, 1.54) is 32.1 Å². The molecule has 0 spiro atoms. The van der Waals surface area contributed by atoms with Gasteiger partial charge in [0.2, 0.25) is 5.95 Å². The zero-order valence-corrected chi connectivity index (χ0v) is 12.0. The molecule has 3 rings (SSSR count). The summed E-state index contributed by atoms with van der Waals surface area (Å²) in [6, 6.07) is 0.560. The lowest BCUT2D eigenvalue weighted by atomic mass is 10.2. The number of hydrogen-bond acceptors (Lipinski definition) is 3. The van der Waals surface area contributed by atoms with Gasteiger partial charge in [0.1, 0.15) is 0 Å². The standard InChI is InChI=1S/C13H22N4S/c1-9-7-10(9)8-16(2)12-14-15-13(18)17(12)11-5-3-4-6-11/h9-11H,3-8H2,1-2H3,(H,15,18). The van der Waals surface area contributed by atoms with Crippen LogP contribution in [0, 0.1) is 16.6 Å². The lowest BCUT2D eigenvalue weighted by Gasteiger charge is -2.21. The molecule has 2 saturated carbocycles. The summed E-state index contributed by atoms with van der Waals surface area (Å²) in [6.45, 7) is 3.43. The molecule has 0 radical (unpaired) electrons. The van der Waals surface area contributed by atoms with Crippen molar-refractivity contribution in [2.75, 3.05) is 18.5 Å².